The minimum absolute atomic E-state index is 0.0319. The number of halogens is 1. The standard InChI is InChI=1S/C19H16ClN3O4S/c1-23-17(25)12-4-2-3-5-14(12)22-19(23)28-9-8-16(24)21-15-10-11(18(26)27)6-7-13(15)20/h2-7,10H,8-9H2,1H3,(H,21,24)(H,26,27). The maximum atomic E-state index is 12.4. The summed E-state index contributed by atoms with van der Waals surface area (Å²) >= 11 is 7.30. The molecule has 0 bridgehead atoms. The van der Waals surface area contributed by atoms with Gasteiger partial charge in [-0.15, -0.1) is 0 Å². The third-order valence-electron chi connectivity index (χ3n) is 3.99. The van der Waals surface area contributed by atoms with Crippen molar-refractivity contribution < 1.29 is 14.7 Å². The molecule has 3 aromatic rings. The van der Waals surface area contributed by atoms with Crippen molar-refractivity contribution in [2.75, 3.05) is 11.1 Å². The average molecular weight is 418 g/mol. The molecule has 0 atom stereocenters. The molecule has 144 valence electrons. The number of hydrogen-bond acceptors (Lipinski definition) is 5. The summed E-state index contributed by atoms with van der Waals surface area (Å²) in [6.45, 7) is 0. The van der Waals surface area contributed by atoms with Crippen molar-refractivity contribution in [2.24, 2.45) is 7.05 Å². The van der Waals surface area contributed by atoms with E-state index in [-0.39, 0.29) is 34.2 Å². The third kappa shape index (κ3) is 4.35. The van der Waals surface area contributed by atoms with Gasteiger partial charge in [0.25, 0.3) is 5.56 Å². The van der Waals surface area contributed by atoms with Gasteiger partial charge in [0, 0.05) is 19.2 Å². The Kier molecular flexibility index (Phi) is 6.01. The van der Waals surface area contributed by atoms with Gasteiger partial charge in [-0.25, -0.2) is 9.78 Å². The van der Waals surface area contributed by atoms with Crippen LogP contribution in [0.15, 0.2) is 52.4 Å². The summed E-state index contributed by atoms with van der Waals surface area (Å²) in [6, 6.07) is 11.2. The van der Waals surface area contributed by atoms with E-state index in [4.69, 9.17) is 16.7 Å². The van der Waals surface area contributed by atoms with Gasteiger partial charge in [0.15, 0.2) is 5.16 Å². The molecule has 1 heterocycles. The van der Waals surface area contributed by atoms with Crippen LogP contribution >= 0.6 is 23.4 Å². The largest absolute Gasteiger partial charge is 0.478 e. The smallest absolute Gasteiger partial charge is 0.335 e. The monoisotopic (exact) mass is 417 g/mol. The molecular formula is C19H16ClN3O4S. The molecule has 0 aliphatic rings. The van der Waals surface area contributed by atoms with Crippen LogP contribution in [0.3, 0.4) is 0 Å². The lowest BCUT2D eigenvalue weighted by Crippen LogP contribution is -2.20. The fourth-order valence-corrected chi connectivity index (χ4v) is 3.60. The Morgan fingerprint density at radius 1 is 1.25 bits per heavy atom. The molecule has 0 saturated carbocycles. The zero-order valence-corrected chi connectivity index (χ0v) is 16.4. The summed E-state index contributed by atoms with van der Waals surface area (Å²) in [5.41, 5.74) is 0.738. The molecule has 0 spiro atoms. The number of aromatic nitrogens is 2. The Bertz CT molecular complexity index is 1130. The van der Waals surface area contributed by atoms with Crippen molar-refractivity contribution >= 4 is 51.8 Å². The van der Waals surface area contributed by atoms with Crippen molar-refractivity contribution in [3.05, 3.63) is 63.4 Å². The molecule has 2 N–H and O–H groups in total. The highest BCUT2D eigenvalue weighted by molar-refractivity contribution is 7.99. The van der Waals surface area contributed by atoms with Crippen LogP contribution in [0.2, 0.25) is 5.02 Å². The number of carbonyl (C=O) groups is 2. The highest BCUT2D eigenvalue weighted by Crippen LogP contribution is 2.24. The van der Waals surface area contributed by atoms with Crippen molar-refractivity contribution in [2.45, 2.75) is 11.6 Å². The fourth-order valence-electron chi connectivity index (χ4n) is 2.53. The lowest BCUT2D eigenvalue weighted by Gasteiger charge is -2.10. The predicted molar refractivity (Wildman–Crippen MR) is 109 cm³/mol. The van der Waals surface area contributed by atoms with Gasteiger partial charge in [0.05, 0.1) is 27.2 Å². The quantitative estimate of drug-likeness (QED) is 0.470. The predicted octanol–water partition coefficient (Wildman–Crippen LogP) is 3.41. The molecule has 1 amide bonds. The molecule has 3 rings (SSSR count). The zero-order valence-electron chi connectivity index (χ0n) is 14.8. The number of carbonyl (C=O) groups excluding carboxylic acids is 1. The summed E-state index contributed by atoms with van der Waals surface area (Å²) in [7, 11) is 1.64. The molecule has 9 heteroatoms. The summed E-state index contributed by atoms with van der Waals surface area (Å²) in [5, 5.41) is 13.0. The number of para-hydroxylation sites is 1. The number of carboxylic acid groups (broad SMARTS) is 1. The number of fused-ring (bicyclic) bond motifs is 1. The number of nitrogens with zero attached hydrogens (tertiary/aromatic N) is 2. The highest BCUT2D eigenvalue weighted by atomic mass is 35.5. The van der Waals surface area contributed by atoms with E-state index in [1.165, 1.54) is 34.5 Å². The lowest BCUT2D eigenvalue weighted by atomic mass is 10.2. The molecule has 0 fully saturated rings. The molecule has 0 aliphatic heterocycles. The van der Waals surface area contributed by atoms with Gasteiger partial charge in [0.1, 0.15) is 0 Å². The lowest BCUT2D eigenvalue weighted by molar-refractivity contribution is -0.115. The first-order chi connectivity index (χ1) is 13.4. The first kappa shape index (κ1) is 19.9. The number of hydrogen-bond donors (Lipinski definition) is 2. The van der Waals surface area contributed by atoms with Gasteiger partial charge in [0.2, 0.25) is 5.91 Å². The van der Waals surface area contributed by atoms with Crippen LogP contribution in [-0.4, -0.2) is 32.3 Å². The molecule has 0 saturated heterocycles. The maximum absolute atomic E-state index is 12.4. The number of aromatic carboxylic acids is 1. The van der Waals surface area contributed by atoms with E-state index in [9.17, 15) is 14.4 Å². The van der Waals surface area contributed by atoms with Crippen LogP contribution in [0.4, 0.5) is 5.69 Å². The Balaban J connectivity index is 1.66. The van der Waals surface area contributed by atoms with Gasteiger partial charge in [-0.1, -0.05) is 35.5 Å². The molecule has 0 aliphatic carbocycles. The van der Waals surface area contributed by atoms with E-state index >= 15 is 0 Å². The van der Waals surface area contributed by atoms with E-state index in [1.54, 1.807) is 25.2 Å². The Morgan fingerprint density at radius 3 is 2.75 bits per heavy atom. The first-order valence-electron chi connectivity index (χ1n) is 8.28. The van der Waals surface area contributed by atoms with Crippen LogP contribution in [0.1, 0.15) is 16.8 Å². The van der Waals surface area contributed by atoms with Crippen LogP contribution in [0, 0.1) is 0 Å². The number of benzene rings is 2. The second-order valence-electron chi connectivity index (χ2n) is 5.92. The summed E-state index contributed by atoms with van der Waals surface area (Å²) in [5.74, 6) is -1.03. The van der Waals surface area contributed by atoms with Gasteiger partial charge >= 0.3 is 5.97 Å². The molecule has 7 nitrogen and oxygen atoms in total. The molecular weight excluding hydrogens is 402 g/mol. The summed E-state index contributed by atoms with van der Waals surface area (Å²) in [6.07, 6.45) is 0.140. The maximum Gasteiger partial charge on any atom is 0.335 e. The third-order valence-corrected chi connectivity index (χ3v) is 5.35. The minimum Gasteiger partial charge on any atom is -0.478 e. The SMILES string of the molecule is Cn1c(SCCC(=O)Nc2cc(C(=O)O)ccc2Cl)nc2ccccc2c1=O. The highest BCUT2D eigenvalue weighted by Gasteiger charge is 2.12. The Morgan fingerprint density at radius 2 is 2.00 bits per heavy atom. The van der Waals surface area contributed by atoms with Gasteiger partial charge in [-0.2, -0.15) is 0 Å². The van der Waals surface area contributed by atoms with E-state index in [1.807, 2.05) is 6.07 Å². The normalized spacial score (nSPS) is 10.8. The molecule has 0 unspecified atom stereocenters. The topological polar surface area (TPSA) is 101 Å². The average Bonchev–Trinajstić information content (AvgIpc) is 2.67. The second-order valence-corrected chi connectivity index (χ2v) is 7.39. The molecule has 28 heavy (non-hydrogen) atoms. The van der Waals surface area contributed by atoms with Crippen molar-refractivity contribution in [3.63, 3.8) is 0 Å². The van der Waals surface area contributed by atoms with Crippen molar-refractivity contribution in [1.82, 2.24) is 9.55 Å². The summed E-state index contributed by atoms with van der Waals surface area (Å²) in [4.78, 5) is 40.1. The van der Waals surface area contributed by atoms with Gasteiger partial charge < -0.3 is 10.4 Å². The van der Waals surface area contributed by atoms with E-state index < -0.39 is 5.97 Å². The first-order valence-corrected chi connectivity index (χ1v) is 9.64. The number of amides is 1. The molecule has 0 radical (unpaired) electrons. The van der Waals surface area contributed by atoms with Crippen LogP contribution in [-0.2, 0) is 11.8 Å². The minimum atomic E-state index is -1.11. The van der Waals surface area contributed by atoms with E-state index in [2.05, 4.69) is 10.3 Å². The number of rotatable bonds is 6. The van der Waals surface area contributed by atoms with Crippen LogP contribution < -0.4 is 10.9 Å². The second kappa shape index (κ2) is 8.45. The van der Waals surface area contributed by atoms with E-state index in [0.29, 0.717) is 21.8 Å². The summed E-state index contributed by atoms with van der Waals surface area (Å²) < 4.78 is 1.46. The number of thioether (sulfide) groups is 1. The van der Waals surface area contributed by atoms with Crippen LogP contribution in [0.5, 0.6) is 0 Å². The zero-order chi connectivity index (χ0) is 20.3. The number of anilines is 1. The van der Waals surface area contributed by atoms with Gasteiger partial charge in [-0.3, -0.25) is 14.2 Å². The number of carboxylic acids is 1. The fraction of sp³-hybridized carbons (Fsp3) is 0.158. The Labute approximate surface area is 169 Å². The molecule has 1 aromatic heterocycles. The van der Waals surface area contributed by atoms with Crippen molar-refractivity contribution in [3.8, 4) is 0 Å². The molecule has 2 aromatic carbocycles. The van der Waals surface area contributed by atoms with E-state index in [0.717, 1.165) is 0 Å². The van der Waals surface area contributed by atoms with Crippen molar-refractivity contribution in [1.29, 1.82) is 0 Å². The number of nitrogens with one attached hydrogen (secondary N) is 1. The van der Waals surface area contributed by atoms with Crippen LogP contribution in [0.25, 0.3) is 10.9 Å². The Hall–Kier alpha value is -2.84. The van der Waals surface area contributed by atoms with Gasteiger partial charge in [-0.05, 0) is 30.3 Å².